The number of likely N-dealkylation sites (N-methyl/N-ethyl adjacent to an activating group) is 2. The van der Waals surface area contributed by atoms with Gasteiger partial charge in [0.25, 0.3) is 5.91 Å². The summed E-state index contributed by atoms with van der Waals surface area (Å²) < 4.78 is 29.0. The zero-order valence-electron chi connectivity index (χ0n) is 25.4. The number of nitrogens with one attached hydrogen (secondary N) is 1. The van der Waals surface area contributed by atoms with Gasteiger partial charge in [0.2, 0.25) is 10.0 Å². The lowest BCUT2D eigenvalue weighted by atomic mass is 9.68. The van der Waals surface area contributed by atoms with Crippen molar-refractivity contribution in [3.05, 3.63) is 23.8 Å². The molecule has 4 rings (SSSR count). The van der Waals surface area contributed by atoms with E-state index in [9.17, 15) is 13.2 Å². The van der Waals surface area contributed by atoms with Crippen molar-refractivity contribution >= 4 is 15.9 Å². The number of sulfonamides is 1. The molecule has 1 aromatic heterocycles. The van der Waals surface area contributed by atoms with Crippen molar-refractivity contribution < 1.29 is 18.4 Å². The van der Waals surface area contributed by atoms with Crippen molar-refractivity contribution in [3.8, 4) is 0 Å². The van der Waals surface area contributed by atoms with E-state index in [1.807, 2.05) is 0 Å². The number of rotatable bonds is 12. The summed E-state index contributed by atoms with van der Waals surface area (Å²) in [5.74, 6) is 2.64. The van der Waals surface area contributed by atoms with E-state index in [-0.39, 0.29) is 10.8 Å². The molecule has 2 unspecified atom stereocenters. The number of amides is 1. The van der Waals surface area contributed by atoms with Crippen LogP contribution in [-0.4, -0.2) is 103 Å². The molecule has 0 bridgehead atoms. The van der Waals surface area contributed by atoms with E-state index in [4.69, 9.17) is 5.21 Å². The Bertz CT molecular complexity index is 1050. The minimum absolute atomic E-state index is 0.213. The Morgan fingerprint density at radius 3 is 2.27 bits per heavy atom. The van der Waals surface area contributed by atoms with E-state index in [1.165, 1.54) is 44.6 Å². The summed E-state index contributed by atoms with van der Waals surface area (Å²) in [6.07, 6.45) is 15.2. The largest absolute Gasteiger partial charge is 0.308 e. The topological polar surface area (TPSA) is 119 Å². The summed E-state index contributed by atoms with van der Waals surface area (Å²) in [4.78, 5) is 24.6. The first-order valence-corrected chi connectivity index (χ1v) is 17.2. The second kappa shape index (κ2) is 15.2. The summed E-state index contributed by atoms with van der Waals surface area (Å²) >= 11 is 0. The van der Waals surface area contributed by atoms with Gasteiger partial charge in [-0.05, 0) is 103 Å². The molecule has 10 nitrogen and oxygen atoms in total. The Morgan fingerprint density at radius 2 is 1.63 bits per heavy atom. The molecule has 3 fully saturated rings. The standard InChI is InChI=1S/C30H52N6O4S/c1-34(2)18-19-35(3)22-25-6-4-5-7-28(25)24-9-11-27(12-10-24)41(39,40)36-16-14-23(15-17-36)8-13-29-31-20-26(21-32-29)30(37)33-38/h20-21,23-25,27-28,38H,4-19,22H2,1-3H3,(H,33,37). The van der Waals surface area contributed by atoms with Crippen molar-refractivity contribution in [2.24, 2.45) is 23.7 Å². The molecule has 3 aliphatic rings. The third kappa shape index (κ3) is 8.92. The van der Waals surface area contributed by atoms with Gasteiger partial charge >= 0.3 is 0 Å². The van der Waals surface area contributed by atoms with Crippen LogP contribution in [0.3, 0.4) is 0 Å². The second-order valence-electron chi connectivity index (χ2n) is 13.1. The summed E-state index contributed by atoms with van der Waals surface area (Å²) in [6.45, 7) is 4.57. The van der Waals surface area contributed by atoms with Crippen LogP contribution in [0.1, 0.15) is 86.8 Å². The molecular weight excluding hydrogens is 540 g/mol. The molecule has 11 heteroatoms. The normalized spacial score (nSPS) is 26.9. The first-order chi connectivity index (χ1) is 19.7. The average Bonchev–Trinajstić information content (AvgIpc) is 2.99. The minimum atomic E-state index is -3.26. The number of hydrogen-bond acceptors (Lipinski definition) is 8. The average molecular weight is 593 g/mol. The number of piperidine rings is 1. The number of hydroxylamine groups is 1. The SMILES string of the molecule is CN(C)CCN(C)CC1CCCCC1C1CCC(S(=O)(=O)N2CCC(CCc3ncc(C(=O)NO)cn3)CC2)CC1. The molecule has 2 saturated carbocycles. The predicted molar refractivity (Wildman–Crippen MR) is 160 cm³/mol. The lowest BCUT2D eigenvalue weighted by Gasteiger charge is -2.42. The van der Waals surface area contributed by atoms with Gasteiger partial charge in [0.05, 0.1) is 10.8 Å². The highest BCUT2D eigenvalue weighted by molar-refractivity contribution is 7.89. The molecule has 1 saturated heterocycles. The summed E-state index contributed by atoms with van der Waals surface area (Å²) in [6, 6.07) is 0. The van der Waals surface area contributed by atoms with Crippen LogP contribution in [0, 0.1) is 23.7 Å². The van der Waals surface area contributed by atoms with Crippen LogP contribution >= 0.6 is 0 Å². The summed E-state index contributed by atoms with van der Waals surface area (Å²) in [7, 11) is 3.27. The third-order valence-corrected chi connectivity index (χ3v) is 12.4. The highest BCUT2D eigenvalue weighted by Crippen LogP contribution is 2.43. The van der Waals surface area contributed by atoms with Gasteiger partial charge in [0.1, 0.15) is 5.82 Å². The highest BCUT2D eigenvalue weighted by atomic mass is 32.2. The lowest BCUT2D eigenvalue weighted by molar-refractivity contribution is 0.0705. The van der Waals surface area contributed by atoms with Crippen molar-refractivity contribution in [1.82, 2.24) is 29.6 Å². The Hall–Kier alpha value is -1.66. The van der Waals surface area contributed by atoms with Crippen LogP contribution in [0.5, 0.6) is 0 Å². The summed E-state index contributed by atoms with van der Waals surface area (Å²) in [5.41, 5.74) is 1.79. The van der Waals surface area contributed by atoms with Crippen molar-refractivity contribution in [2.75, 3.05) is 53.9 Å². The highest BCUT2D eigenvalue weighted by Gasteiger charge is 2.40. The maximum Gasteiger partial charge on any atom is 0.277 e. The zero-order valence-corrected chi connectivity index (χ0v) is 26.2. The van der Waals surface area contributed by atoms with E-state index in [0.29, 0.717) is 37.2 Å². The Balaban J connectivity index is 1.21. The van der Waals surface area contributed by atoms with Crippen molar-refractivity contribution in [1.29, 1.82) is 0 Å². The Kier molecular flexibility index (Phi) is 11.9. The van der Waals surface area contributed by atoms with Gasteiger partial charge < -0.3 is 9.80 Å². The monoisotopic (exact) mass is 592 g/mol. The van der Waals surface area contributed by atoms with Crippen molar-refractivity contribution in [3.63, 3.8) is 0 Å². The van der Waals surface area contributed by atoms with E-state index in [0.717, 1.165) is 69.9 Å². The maximum atomic E-state index is 13.6. The fourth-order valence-electron chi connectivity index (χ4n) is 7.42. The first kappa shape index (κ1) is 32.3. The molecule has 2 heterocycles. The minimum Gasteiger partial charge on any atom is -0.308 e. The molecule has 232 valence electrons. The molecule has 41 heavy (non-hydrogen) atoms. The fourth-order valence-corrected chi connectivity index (χ4v) is 9.43. The second-order valence-corrected chi connectivity index (χ2v) is 15.3. The number of carbonyl (C=O) groups is 1. The van der Waals surface area contributed by atoms with E-state index >= 15 is 0 Å². The van der Waals surface area contributed by atoms with Gasteiger partial charge in [-0.15, -0.1) is 0 Å². The summed E-state index contributed by atoms with van der Waals surface area (Å²) in [5, 5.41) is 8.50. The van der Waals surface area contributed by atoms with Crippen LogP contribution < -0.4 is 5.48 Å². The van der Waals surface area contributed by atoms with E-state index < -0.39 is 15.9 Å². The van der Waals surface area contributed by atoms with Gasteiger partial charge in [0.15, 0.2) is 0 Å². The van der Waals surface area contributed by atoms with Crippen LogP contribution in [0.2, 0.25) is 0 Å². The number of aryl methyl sites for hydroxylation is 1. The maximum absolute atomic E-state index is 13.6. The first-order valence-electron chi connectivity index (χ1n) is 15.7. The molecule has 2 atom stereocenters. The number of nitrogens with zero attached hydrogens (tertiary/aromatic N) is 5. The molecule has 2 aliphatic carbocycles. The van der Waals surface area contributed by atoms with E-state index in [1.54, 1.807) is 9.79 Å². The number of aromatic nitrogens is 2. The molecule has 2 N–H and O–H groups in total. The lowest BCUT2D eigenvalue weighted by Crippen LogP contribution is -2.45. The zero-order chi connectivity index (χ0) is 29.4. The number of hydrogen-bond donors (Lipinski definition) is 2. The third-order valence-electron chi connectivity index (χ3n) is 9.97. The quantitative estimate of drug-likeness (QED) is 0.280. The van der Waals surface area contributed by atoms with Gasteiger partial charge in [-0.2, -0.15) is 0 Å². The smallest absolute Gasteiger partial charge is 0.277 e. The molecule has 1 aromatic rings. The molecular formula is C30H52N6O4S. The van der Waals surface area contributed by atoms with Crippen LogP contribution in [0.15, 0.2) is 12.4 Å². The van der Waals surface area contributed by atoms with Gasteiger partial charge in [0, 0.05) is 51.5 Å². The fraction of sp³-hybridized carbons (Fsp3) is 0.833. The van der Waals surface area contributed by atoms with Crippen LogP contribution in [0.4, 0.5) is 0 Å². The Morgan fingerprint density at radius 1 is 0.976 bits per heavy atom. The number of carbonyl (C=O) groups excluding carboxylic acids is 1. The van der Waals surface area contributed by atoms with Gasteiger partial charge in [-0.25, -0.2) is 28.2 Å². The molecule has 1 amide bonds. The van der Waals surface area contributed by atoms with Crippen LogP contribution in [0.25, 0.3) is 0 Å². The molecule has 0 radical (unpaired) electrons. The van der Waals surface area contributed by atoms with E-state index in [2.05, 4.69) is 40.9 Å². The molecule has 0 spiro atoms. The van der Waals surface area contributed by atoms with Crippen molar-refractivity contribution in [2.45, 2.75) is 82.3 Å². The molecule has 0 aromatic carbocycles. The molecule has 1 aliphatic heterocycles. The van der Waals surface area contributed by atoms with Gasteiger partial charge in [-0.1, -0.05) is 12.8 Å². The van der Waals surface area contributed by atoms with Gasteiger partial charge in [-0.3, -0.25) is 10.0 Å². The Labute approximate surface area is 247 Å². The van der Waals surface area contributed by atoms with Crippen LogP contribution in [-0.2, 0) is 16.4 Å². The predicted octanol–water partition coefficient (Wildman–Crippen LogP) is 3.43.